The van der Waals surface area contributed by atoms with Gasteiger partial charge in [0.1, 0.15) is 18.1 Å². The fraction of sp³-hybridized carbons (Fsp3) is 0.613. The van der Waals surface area contributed by atoms with Gasteiger partial charge in [0.15, 0.2) is 11.5 Å². The summed E-state index contributed by atoms with van der Waals surface area (Å²) >= 11 is 0. The maximum atomic E-state index is 12.5. The number of pyridine rings is 1. The number of aryl methyl sites for hydroxylation is 1. The molecule has 0 saturated carbocycles. The maximum absolute atomic E-state index is 12.5. The van der Waals surface area contributed by atoms with E-state index in [1.807, 2.05) is 28.8 Å². The van der Waals surface area contributed by atoms with Gasteiger partial charge in [-0.15, -0.1) is 0 Å². The van der Waals surface area contributed by atoms with Crippen molar-refractivity contribution in [2.45, 2.75) is 117 Å². The first-order chi connectivity index (χ1) is 17.6. The second-order valence-corrected chi connectivity index (χ2v) is 9.84. The lowest BCUT2D eigenvalue weighted by molar-refractivity contribution is 0.0997. The number of carbonyl (C=O) groups excluding carboxylic acids is 1. The molecule has 200 valence electrons. The standard InChI is InChI=1S/C31H47NO4/c1-4-5-6-7-8-9-10-11-12-13-14-15-16-17-23-32-24-22-29(34)31(30(32)26(2)33)36-25-27-18-20-28(35-3)21-19-27/h18-22,24H,4-17,23,25H2,1-3H3. The second-order valence-electron chi connectivity index (χ2n) is 9.84. The van der Waals surface area contributed by atoms with Crippen molar-refractivity contribution in [2.75, 3.05) is 7.11 Å². The highest BCUT2D eigenvalue weighted by atomic mass is 16.5. The summed E-state index contributed by atoms with van der Waals surface area (Å²) in [5, 5.41) is 0. The van der Waals surface area contributed by atoms with Crippen molar-refractivity contribution in [1.82, 2.24) is 4.57 Å². The maximum Gasteiger partial charge on any atom is 0.224 e. The summed E-state index contributed by atoms with van der Waals surface area (Å²) in [6, 6.07) is 8.98. The first-order valence-corrected chi connectivity index (χ1v) is 14.1. The Bertz CT molecular complexity index is 933. The van der Waals surface area contributed by atoms with Crippen molar-refractivity contribution < 1.29 is 14.3 Å². The smallest absolute Gasteiger partial charge is 0.224 e. The van der Waals surface area contributed by atoms with Crippen LogP contribution in [0, 0.1) is 0 Å². The summed E-state index contributed by atoms with van der Waals surface area (Å²) in [6.07, 6.45) is 20.1. The molecule has 0 fully saturated rings. The number of hydrogen-bond acceptors (Lipinski definition) is 4. The van der Waals surface area contributed by atoms with Crippen LogP contribution in [0.2, 0.25) is 0 Å². The minimum atomic E-state index is -0.258. The zero-order chi connectivity index (χ0) is 26.0. The lowest BCUT2D eigenvalue weighted by atomic mass is 10.0. The van der Waals surface area contributed by atoms with Crippen molar-refractivity contribution in [1.29, 1.82) is 0 Å². The second kappa shape index (κ2) is 17.8. The van der Waals surface area contributed by atoms with Crippen LogP contribution in [-0.2, 0) is 13.2 Å². The summed E-state index contributed by atoms with van der Waals surface area (Å²) in [5.74, 6) is 0.757. The average molecular weight is 498 g/mol. The highest BCUT2D eigenvalue weighted by molar-refractivity contribution is 5.95. The fourth-order valence-electron chi connectivity index (χ4n) is 4.60. The van der Waals surface area contributed by atoms with Gasteiger partial charge in [0, 0.05) is 25.7 Å². The number of benzene rings is 1. The molecule has 5 heteroatoms. The Kier molecular flexibility index (Phi) is 14.7. The van der Waals surface area contributed by atoms with Crippen LogP contribution in [0.4, 0.5) is 0 Å². The molecule has 0 amide bonds. The quantitative estimate of drug-likeness (QED) is 0.137. The van der Waals surface area contributed by atoms with Gasteiger partial charge in [-0.25, -0.2) is 0 Å². The van der Waals surface area contributed by atoms with E-state index in [9.17, 15) is 9.59 Å². The lowest BCUT2D eigenvalue weighted by Crippen LogP contribution is -2.19. The Morgan fingerprint density at radius 3 is 1.81 bits per heavy atom. The first kappa shape index (κ1) is 29.7. The third kappa shape index (κ3) is 11.0. The summed E-state index contributed by atoms with van der Waals surface area (Å²) in [6.45, 7) is 4.70. The van der Waals surface area contributed by atoms with E-state index in [0.29, 0.717) is 12.2 Å². The molecular weight excluding hydrogens is 450 g/mol. The first-order valence-electron chi connectivity index (χ1n) is 14.1. The van der Waals surface area contributed by atoms with E-state index >= 15 is 0 Å². The van der Waals surface area contributed by atoms with E-state index in [1.165, 1.54) is 90.0 Å². The van der Waals surface area contributed by atoms with Crippen LogP contribution in [0.5, 0.6) is 11.5 Å². The number of hydrogen-bond donors (Lipinski definition) is 0. The van der Waals surface area contributed by atoms with Crippen LogP contribution in [0.15, 0.2) is 41.3 Å². The molecule has 2 rings (SSSR count). The predicted molar refractivity (Wildman–Crippen MR) is 148 cm³/mol. The third-order valence-corrected chi connectivity index (χ3v) is 6.76. The van der Waals surface area contributed by atoms with Gasteiger partial charge in [-0.1, -0.05) is 103 Å². The highest BCUT2D eigenvalue weighted by Gasteiger charge is 2.17. The summed E-state index contributed by atoms with van der Waals surface area (Å²) < 4.78 is 12.9. The number of carbonyl (C=O) groups is 1. The number of unbranched alkanes of at least 4 members (excludes halogenated alkanes) is 13. The number of ketones is 1. The molecule has 1 heterocycles. The van der Waals surface area contributed by atoms with Gasteiger partial charge < -0.3 is 14.0 Å². The van der Waals surface area contributed by atoms with Crippen LogP contribution < -0.4 is 14.9 Å². The van der Waals surface area contributed by atoms with Gasteiger partial charge in [-0.2, -0.15) is 0 Å². The molecule has 0 saturated heterocycles. The molecule has 0 radical (unpaired) electrons. The zero-order valence-electron chi connectivity index (χ0n) is 22.9. The van der Waals surface area contributed by atoms with E-state index in [-0.39, 0.29) is 23.6 Å². The van der Waals surface area contributed by atoms with Gasteiger partial charge in [0.05, 0.1) is 7.11 Å². The van der Waals surface area contributed by atoms with Crippen LogP contribution in [0.25, 0.3) is 0 Å². The molecule has 0 N–H and O–H groups in total. The van der Waals surface area contributed by atoms with Crippen LogP contribution in [0.1, 0.15) is 120 Å². The summed E-state index contributed by atoms with van der Waals surface area (Å²) in [5.41, 5.74) is 1.02. The van der Waals surface area contributed by atoms with Gasteiger partial charge in [0.25, 0.3) is 0 Å². The van der Waals surface area contributed by atoms with Crippen LogP contribution >= 0.6 is 0 Å². The molecule has 1 aromatic carbocycles. The number of Topliss-reactive ketones (excluding diaryl/α,β-unsaturated/α-hetero) is 1. The van der Waals surface area contributed by atoms with Crippen molar-refractivity contribution in [3.8, 4) is 11.5 Å². The number of aromatic nitrogens is 1. The summed E-state index contributed by atoms with van der Waals surface area (Å²) in [7, 11) is 1.62. The SMILES string of the molecule is CCCCCCCCCCCCCCCCn1ccc(=O)c(OCc2ccc(OC)cc2)c1C(C)=O. The van der Waals surface area contributed by atoms with E-state index in [1.54, 1.807) is 13.3 Å². The number of ether oxygens (including phenoxy) is 2. The minimum Gasteiger partial charge on any atom is -0.497 e. The van der Waals surface area contributed by atoms with Crippen molar-refractivity contribution in [3.05, 3.63) is 58.0 Å². The van der Waals surface area contributed by atoms with E-state index in [2.05, 4.69) is 6.92 Å². The van der Waals surface area contributed by atoms with E-state index in [4.69, 9.17) is 9.47 Å². The van der Waals surface area contributed by atoms with E-state index < -0.39 is 0 Å². The number of methoxy groups -OCH3 is 1. The Labute approximate surface area is 218 Å². The number of rotatable bonds is 20. The highest BCUT2D eigenvalue weighted by Crippen LogP contribution is 2.19. The molecule has 5 nitrogen and oxygen atoms in total. The van der Waals surface area contributed by atoms with Gasteiger partial charge >= 0.3 is 0 Å². The lowest BCUT2D eigenvalue weighted by Gasteiger charge is -2.16. The van der Waals surface area contributed by atoms with E-state index in [0.717, 1.165) is 24.2 Å². The van der Waals surface area contributed by atoms with Crippen LogP contribution in [-0.4, -0.2) is 17.5 Å². The average Bonchev–Trinajstić information content (AvgIpc) is 2.88. The van der Waals surface area contributed by atoms with Crippen molar-refractivity contribution in [2.24, 2.45) is 0 Å². The van der Waals surface area contributed by atoms with Crippen molar-refractivity contribution >= 4 is 5.78 Å². The molecule has 0 bridgehead atoms. The Morgan fingerprint density at radius 2 is 1.31 bits per heavy atom. The molecular formula is C31H47NO4. The molecule has 0 aliphatic rings. The van der Waals surface area contributed by atoms with Crippen molar-refractivity contribution in [3.63, 3.8) is 0 Å². The molecule has 2 aromatic rings. The molecule has 0 aliphatic carbocycles. The van der Waals surface area contributed by atoms with Gasteiger partial charge in [0.2, 0.25) is 5.43 Å². The third-order valence-electron chi connectivity index (χ3n) is 6.76. The number of nitrogens with zero attached hydrogens (tertiary/aromatic N) is 1. The van der Waals surface area contributed by atoms with Gasteiger partial charge in [-0.3, -0.25) is 9.59 Å². The molecule has 0 aliphatic heterocycles. The summed E-state index contributed by atoms with van der Waals surface area (Å²) in [4.78, 5) is 24.9. The minimum absolute atomic E-state index is 0.145. The molecule has 36 heavy (non-hydrogen) atoms. The zero-order valence-corrected chi connectivity index (χ0v) is 22.9. The Balaban J connectivity index is 1.71. The molecule has 1 aromatic heterocycles. The Hall–Kier alpha value is -2.56. The predicted octanol–water partition coefficient (Wildman–Crippen LogP) is 8.12. The largest absolute Gasteiger partial charge is 0.497 e. The Morgan fingerprint density at radius 1 is 0.778 bits per heavy atom. The molecule has 0 atom stereocenters. The monoisotopic (exact) mass is 497 g/mol. The van der Waals surface area contributed by atoms with Gasteiger partial charge in [-0.05, 0) is 24.1 Å². The fourth-order valence-corrected chi connectivity index (χ4v) is 4.60. The molecule has 0 unspecified atom stereocenters. The molecule has 0 spiro atoms. The van der Waals surface area contributed by atoms with Crippen LogP contribution in [0.3, 0.4) is 0 Å². The normalized spacial score (nSPS) is 11.0. The topological polar surface area (TPSA) is 57.5 Å².